The van der Waals surface area contributed by atoms with Crippen LogP contribution in [-0.4, -0.2) is 39.8 Å². The summed E-state index contributed by atoms with van der Waals surface area (Å²) in [6.45, 7) is 6.60. The molecule has 3 rings (SSSR count). The van der Waals surface area contributed by atoms with E-state index in [9.17, 15) is 0 Å². The largest absolute Gasteiger partial charge is 0.489 e. The summed E-state index contributed by atoms with van der Waals surface area (Å²) in [6, 6.07) is 4.16. The minimum Gasteiger partial charge on any atom is -0.489 e. The molecule has 2 aromatic heterocycles. The van der Waals surface area contributed by atoms with Crippen LogP contribution in [-0.2, 0) is 6.42 Å². The van der Waals surface area contributed by atoms with Crippen LogP contribution in [0.25, 0.3) is 5.70 Å². The topological polar surface area (TPSA) is 128 Å². The molecule has 1 aliphatic carbocycles. The molecule has 0 aromatic carbocycles. The summed E-state index contributed by atoms with van der Waals surface area (Å²) in [5.74, 6) is 8.14. The van der Waals surface area contributed by atoms with Gasteiger partial charge in [-0.3, -0.25) is 0 Å². The van der Waals surface area contributed by atoms with Crippen molar-refractivity contribution >= 4 is 11.7 Å². The summed E-state index contributed by atoms with van der Waals surface area (Å²) in [5, 5.41) is 8.60. The van der Waals surface area contributed by atoms with Crippen molar-refractivity contribution in [2.75, 3.05) is 18.9 Å². The van der Waals surface area contributed by atoms with Gasteiger partial charge in [-0.1, -0.05) is 25.4 Å². The molecule has 0 atom stereocenters. The first-order chi connectivity index (χ1) is 15.3. The third kappa shape index (κ3) is 6.59. The molecule has 9 nitrogen and oxygen atoms in total. The zero-order valence-corrected chi connectivity index (χ0v) is 19.7. The minimum absolute atomic E-state index is 0.276. The SMILES string of the molecule is Cc1nc(/C(N)=C(\CNc2nc(CCC(C)C)no2)N(C)N)ccc1OC1CCCCC1. The molecule has 0 saturated heterocycles. The molecule has 0 spiro atoms. The van der Waals surface area contributed by atoms with Crippen molar-refractivity contribution < 1.29 is 9.26 Å². The number of ether oxygens (including phenoxy) is 1. The summed E-state index contributed by atoms with van der Waals surface area (Å²) in [7, 11) is 1.74. The van der Waals surface area contributed by atoms with Crippen molar-refractivity contribution in [3.05, 3.63) is 35.0 Å². The van der Waals surface area contributed by atoms with Gasteiger partial charge in [0, 0.05) is 13.5 Å². The fraction of sp³-hybridized carbons (Fsp3) is 0.609. The minimum atomic E-state index is 0.276. The van der Waals surface area contributed by atoms with E-state index in [-0.39, 0.29) is 6.10 Å². The number of pyridine rings is 1. The zero-order chi connectivity index (χ0) is 23.1. The van der Waals surface area contributed by atoms with Gasteiger partial charge in [0.1, 0.15) is 5.75 Å². The third-order valence-electron chi connectivity index (χ3n) is 5.72. The lowest BCUT2D eigenvalue weighted by molar-refractivity contribution is 0.153. The summed E-state index contributed by atoms with van der Waals surface area (Å²) < 4.78 is 11.5. The first-order valence-corrected chi connectivity index (χ1v) is 11.5. The number of anilines is 1. The van der Waals surface area contributed by atoms with Crippen molar-refractivity contribution in [1.29, 1.82) is 0 Å². The molecular formula is C23H37N7O2. The molecule has 2 aromatic rings. The van der Waals surface area contributed by atoms with E-state index in [1.165, 1.54) is 24.3 Å². The first-order valence-electron chi connectivity index (χ1n) is 11.5. The van der Waals surface area contributed by atoms with Crippen molar-refractivity contribution in [2.24, 2.45) is 17.5 Å². The Bertz CT molecular complexity index is 901. The fourth-order valence-electron chi connectivity index (χ4n) is 3.75. The molecule has 1 aliphatic rings. The van der Waals surface area contributed by atoms with E-state index in [2.05, 4.69) is 34.3 Å². The monoisotopic (exact) mass is 443 g/mol. The Morgan fingerprint density at radius 2 is 2.00 bits per heavy atom. The van der Waals surface area contributed by atoms with E-state index in [4.69, 9.17) is 20.8 Å². The molecular weight excluding hydrogens is 406 g/mol. The second kappa shape index (κ2) is 11.2. The maximum absolute atomic E-state index is 6.44. The number of aromatic nitrogens is 3. The number of hydrazine groups is 1. The van der Waals surface area contributed by atoms with E-state index in [1.54, 1.807) is 7.05 Å². The van der Waals surface area contributed by atoms with Gasteiger partial charge >= 0.3 is 6.01 Å². The summed E-state index contributed by atoms with van der Waals surface area (Å²) in [4.78, 5) is 9.06. The molecule has 1 saturated carbocycles. The van der Waals surface area contributed by atoms with Crippen LogP contribution in [0.15, 0.2) is 22.4 Å². The predicted octanol–water partition coefficient (Wildman–Crippen LogP) is 3.62. The quantitative estimate of drug-likeness (QED) is 0.372. The van der Waals surface area contributed by atoms with E-state index in [0.29, 0.717) is 41.4 Å². The maximum atomic E-state index is 6.44. The van der Waals surface area contributed by atoms with Crippen LogP contribution in [0, 0.1) is 12.8 Å². The highest BCUT2D eigenvalue weighted by molar-refractivity contribution is 5.64. The summed E-state index contributed by atoms with van der Waals surface area (Å²) in [5.41, 5.74) is 9.05. The van der Waals surface area contributed by atoms with Crippen LogP contribution in [0.1, 0.15) is 69.6 Å². The number of aryl methyl sites for hydroxylation is 2. The van der Waals surface area contributed by atoms with E-state index in [1.807, 2.05) is 19.1 Å². The summed E-state index contributed by atoms with van der Waals surface area (Å²) >= 11 is 0. The molecule has 9 heteroatoms. The van der Waals surface area contributed by atoms with Crippen molar-refractivity contribution in [3.8, 4) is 5.75 Å². The highest BCUT2D eigenvalue weighted by atomic mass is 16.5. The lowest BCUT2D eigenvalue weighted by Gasteiger charge is -2.24. The van der Waals surface area contributed by atoms with Gasteiger partial charge in [0.15, 0.2) is 5.82 Å². The van der Waals surface area contributed by atoms with E-state index < -0.39 is 0 Å². The van der Waals surface area contributed by atoms with Gasteiger partial charge in [0.2, 0.25) is 0 Å². The normalized spacial score (nSPS) is 15.6. The Morgan fingerprint density at radius 1 is 1.25 bits per heavy atom. The molecule has 1 fully saturated rings. The van der Waals surface area contributed by atoms with Crippen LogP contribution in [0.2, 0.25) is 0 Å². The maximum Gasteiger partial charge on any atom is 0.321 e. The predicted molar refractivity (Wildman–Crippen MR) is 125 cm³/mol. The van der Waals surface area contributed by atoms with E-state index >= 15 is 0 Å². The second-order valence-electron chi connectivity index (χ2n) is 8.93. The lowest BCUT2D eigenvalue weighted by Crippen LogP contribution is -2.32. The molecule has 32 heavy (non-hydrogen) atoms. The number of nitrogens with one attached hydrogen (secondary N) is 1. The van der Waals surface area contributed by atoms with Gasteiger partial charge in [0.05, 0.1) is 35.4 Å². The van der Waals surface area contributed by atoms with E-state index in [0.717, 1.165) is 37.1 Å². The third-order valence-corrected chi connectivity index (χ3v) is 5.72. The molecule has 2 heterocycles. The Hall–Kier alpha value is -2.81. The van der Waals surface area contributed by atoms with Gasteiger partial charge in [-0.05, 0) is 57.1 Å². The van der Waals surface area contributed by atoms with Crippen LogP contribution in [0.4, 0.5) is 6.01 Å². The number of rotatable bonds is 10. The number of hydrogen-bond donors (Lipinski definition) is 3. The molecule has 0 unspecified atom stereocenters. The van der Waals surface area contributed by atoms with Crippen LogP contribution in [0.5, 0.6) is 5.75 Å². The number of nitrogens with zero attached hydrogens (tertiary/aromatic N) is 4. The van der Waals surface area contributed by atoms with Crippen LogP contribution < -0.4 is 21.6 Å². The molecule has 0 amide bonds. The molecule has 176 valence electrons. The van der Waals surface area contributed by atoms with Gasteiger partial charge < -0.3 is 25.3 Å². The average molecular weight is 444 g/mol. The van der Waals surface area contributed by atoms with Crippen molar-refractivity contribution in [1.82, 2.24) is 20.1 Å². The lowest BCUT2D eigenvalue weighted by atomic mass is 9.98. The van der Waals surface area contributed by atoms with Crippen molar-refractivity contribution in [3.63, 3.8) is 0 Å². The first kappa shape index (κ1) is 23.8. The Kier molecular flexibility index (Phi) is 8.33. The van der Waals surface area contributed by atoms with Gasteiger partial charge in [0.25, 0.3) is 0 Å². The Labute approximate surface area is 190 Å². The Balaban J connectivity index is 1.68. The van der Waals surface area contributed by atoms with Crippen molar-refractivity contribution in [2.45, 2.75) is 71.8 Å². The fourth-order valence-corrected chi connectivity index (χ4v) is 3.75. The standard InChI is InChI=1S/C23H37N7O2/c1-15(2)10-13-21-28-23(32-29-21)26-14-19(30(4)25)22(24)18-11-12-20(16(3)27-18)31-17-8-6-5-7-9-17/h11-12,15,17H,5-10,13-14,24-25H2,1-4H3,(H,26,28,29)/b22-19-. The highest BCUT2D eigenvalue weighted by Gasteiger charge is 2.18. The number of hydrogen-bond acceptors (Lipinski definition) is 9. The van der Waals surface area contributed by atoms with Gasteiger partial charge in [-0.2, -0.15) is 4.98 Å². The van der Waals surface area contributed by atoms with Crippen LogP contribution in [0.3, 0.4) is 0 Å². The molecule has 0 radical (unpaired) electrons. The second-order valence-corrected chi connectivity index (χ2v) is 8.93. The molecule has 5 N–H and O–H groups in total. The highest BCUT2D eigenvalue weighted by Crippen LogP contribution is 2.26. The van der Waals surface area contributed by atoms with Gasteiger partial charge in [-0.25, -0.2) is 10.8 Å². The number of likely N-dealkylation sites (N-methyl/N-ethyl adjacent to an activating group) is 1. The van der Waals surface area contributed by atoms with Crippen LogP contribution >= 0.6 is 0 Å². The van der Waals surface area contributed by atoms with Gasteiger partial charge in [-0.15, -0.1) is 0 Å². The smallest absolute Gasteiger partial charge is 0.321 e. The number of nitrogens with two attached hydrogens (primary N) is 2. The molecule has 0 bridgehead atoms. The Morgan fingerprint density at radius 3 is 2.66 bits per heavy atom. The summed E-state index contributed by atoms with van der Waals surface area (Å²) in [6.07, 6.45) is 8.02. The zero-order valence-electron chi connectivity index (χ0n) is 19.7. The molecule has 0 aliphatic heterocycles. The average Bonchev–Trinajstić information content (AvgIpc) is 3.22.